The summed E-state index contributed by atoms with van der Waals surface area (Å²) in [5.74, 6) is 0. The summed E-state index contributed by atoms with van der Waals surface area (Å²) in [6.45, 7) is 8.11. The van der Waals surface area contributed by atoms with Crippen LogP contribution >= 0.6 is 0 Å². The fourth-order valence-corrected chi connectivity index (χ4v) is 2.93. The minimum absolute atomic E-state index is 0.681. The highest BCUT2D eigenvalue weighted by Gasteiger charge is 2.02. The molecule has 0 N–H and O–H groups in total. The van der Waals surface area contributed by atoms with Gasteiger partial charge in [-0.15, -0.1) is 0 Å². The van der Waals surface area contributed by atoms with Gasteiger partial charge >= 0.3 is 0 Å². The molecule has 0 radical (unpaired) electrons. The van der Waals surface area contributed by atoms with Gasteiger partial charge < -0.3 is 4.74 Å². The van der Waals surface area contributed by atoms with Crippen LogP contribution in [-0.2, 0) is 11.5 Å². The van der Waals surface area contributed by atoms with Crippen LogP contribution in [0.1, 0.15) is 82.3 Å². The second-order valence-electron chi connectivity index (χ2n) is 6.62. The van der Waals surface area contributed by atoms with Gasteiger partial charge in [0, 0.05) is 11.1 Å². The van der Waals surface area contributed by atoms with E-state index in [1.54, 1.807) is 0 Å². The van der Waals surface area contributed by atoms with Crippen LogP contribution in [0.2, 0.25) is 0 Å². The minimum Gasteiger partial charge on any atom is -0.323 e. The van der Waals surface area contributed by atoms with Crippen LogP contribution in [0.4, 0.5) is 0 Å². The van der Waals surface area contributed by atoms with Crippen molar-refractivity contribution in [1.29, 1.82) is 0 Å². The van der Waals surface area contributed by atoms with Crippen molar-refractivity contribution >= 4 is 0 Å². The SMILES string of the molecule is CCCCCCCCCCCCOC[n+]1cc(C)cc(C)c1. The number of aromatic nitrogens is 1. The molecule has 0 spiro atoms. The summed E-state index contributed by atoms with van der Waals surface area (Å²) in [7, 11) is 0. The molecule has 1 aromatic heterocycles. The molecule has 22 heavy (non-hydrogen) atoms. The molecule has 0 bridgehead atoms. The molecular weight excluding hydrogens is 270 g/mol. The van der Waals surface area contributed by atoms with Crippen LogP contribution in [0.5, 0.6) is 0 Å². The second kappa shape index (κ2) is 12.6. The lowest BCUT2D eigenvalue weighted by molar-refractivity contribution is -0.733. The Morgan fingerprint density at radius 1 is 0.773 bits per heavy atom. The summed E-state index contributed by atoms with van der Waals surface area (Å²) in [6, 6.07) is 2.19. The highest BCUT2D eigenvalue weighted by molar-refractivity contribution is 5.11. The van der Waals surface area contributed by atoms with Gasteiger partial charge in [0.25, 0.3) is 6.73 Å². The van der Waals surface area contributed by atoms with Crippen LogP contribution in [0.15, 0.2) is 18.5 Å². The van der Waals surface area contributed by atoms with Gasteiger partial charge in [-0.3, -0.25) is 0 Å². The zero-order valence-electron chi connectivity index (χ0n) is 15.1. The first-order valence-electron chi connectivity index (χ1n) is 9.27. The topological polar surface area (TPSA) is 13.1 Å². The fraction of sp³-hybridized carbons (Fsp3) is 0.750. The second-order valence-corrected chi connectivity index (χ2v) is 6.62. The molecule has 0 unspecified atom stereocenters. The van der Waals surface area contributed by atoms with E-state index < -0.39 is 0 Å². The number of rotatable bonds is 13. The van der Waals surface area contributed by atoms with Gasteiger partial charge in [0.05, 0.1) is 6.61 Å². The van der Waals surface area contributed by atoms with Gasteiger partial charge in [0.2, 0.25) is 0 Å². The van der Waals surface area contributed by atoms with E-state index in [0.717, 1.165) is 6.61 Å². The van der Waals surface area contributed by atoms with Gasteiger partial charge in [-0.05, 0) is 26.3 Å². The van der Waals surface area contributed by atoms with E-state index in [2.05, 4.69) is 43.8 Å². The van der Waals surface area contributed by atoms with Crippen molar-refractivity contribution in [2.45, 2.75) is 91.7 Å². The summed E-state index contributed by atoms with van der Waals surface area (Å²) in [5, 5.41) is 0. The van der Waals surface area contributed by atoms with Crippen LogP contribution in [0.3, 0.4) is 0 Å². The van der Waals surface area contributed by atoms with E-state index >= 15 is 0 Å². The van der Waals surface area contributed by atoms with E-state index in [-0.39, 0.29) is 0 Å². The number of hydrogen-bond acceptors (Lipinski definition) is 1. The maximum atomic E-state index is 5.76. The number of nitrogens with zero attached hydrogens (tertiary/aromatic N) is 1. The quantitative estimate of drug-likeness (QED) is 0.347. The Morgan fingerprint density at radius 3 is 1.82 bits per heavy atom. The van der Waals surface area contributed by atoms with Crippen LogP contribution < -0.4 is 4.57 Å². The van der Waals surface area contributed by atoms with Gasteiger partial charge in [0.15, 0.2) is 12.4 Å². The van der Waals surface area contributed by atoms with Crippen molar-refractivity contribution in [2.24, 2.45) is 0 Å². The Bertz CT molecular complexity index is 369. The Labute approximate surface area is 137 Å². The number of aryl methyl sites for hydroxylation is 2. The number of unbranched alkanes of at least 4 members (excludes halogenated alkanes) is 9. The van der Waals surface area contributed by atoms with Crippen molar-refractivity contribution in [3.05, 3.63) is 29.6 Å². The molecule has 0 aliphatic rings. The fourth-order valence-electron chi connectivity index (χ4n) is 2.93. The highest BCUT2D eigenvalue weighted by Crippen LogP contribution is 2.10. The summed E-state index contributed by atoms with van der Waals surface area (Å²) < 4.78 is 7.90. The predicted molar refractivity (Wildman–Crippen MR) is 93.9 cm³/mol. The Morgan fingerprint density at radius 2 is 1.27 bits per heavy atom. The molecule has 0 saturated heterocycles. The molecule has 0 aromatic carbocycles. The molecule has 0 saturated carbocycles. The van der Waals surface area contributed by atoms with E-state index in [9.17, 15) is 0 Å². The molecule has 1 aromatic rings. The molecule has 0 aliphatic heterocycles. The van der Waals surface area contributed by atoms with Crippen molar-refractivity contribution < 1.29 is 9.30 Å². The Kier molecular flexibility index (Phi) is 11.0. The standard InChI is InChI=1S/C20H36NO/c1-4-5-6-7-8-9-10-11-12-13-14-22-18-21-16-19(2)15-20(3)17-21/h15-17H,4-14,18H2,1-3H3/q+1. The molecule has 1 rings (SSSR count). The van der Waals surface area contributed by atoms with Crippen LogP contribution in [-0.4, -0.2) is 6.61 Å². The third kappa shape index (κ3) is 9.94. The van der Waals surface area contributed by atoms with Crippen molar-refractivity contribution in [3.63, 3.8) is 0 Å². The lowest BCUT2D eigenvalue weighted by atomic mass is 10.1. The molecule has 2 heteroatoms. The maximum absolute atomic E-state index is 5.76. The molecule has 1 heterocycles. The average Bonchev–Trinajstić information content (AvgIpc) is 2.47. The maximum Gasteiger partial charge on any atom is 0.252 e. The van der Waals surface area contributed by atoms with Crippen molar-refractivity contribution in [1.82, 2.24) is 0 Å². The summed E-state index contributed by atoms with van der Waals surface area (Å²) in [4.78, 5) is 0. The molecule has 2 nitrogen and oxygen atoms in total. The molecule has 0 fully saturated rings. The molecule has 0 aliphatic carbocycles. The summed E-state index contributed by atoms with van der Waals surface area (Å²) >= 11 is 0. The van der Waals surface area contributed by atoms with Crippen LogP contribution in [0.25, 0.3) is 0 Å². The van der Waals surface area contributed by atoms with E-state index in [0.29, 0.717) is 6.73 Å². The lowest BCUT2D eigenvalue weighted by Gasteiger charge is -2.03. The number of ether oxygens (including phenoxy) is 1. The van der Waals surface area contributed by atoms with Crippen LogP contribution in [0, 0.1) is 13.8 Å². The highest BCUT2D eigenvalue weighted by atomic mass is 16.5. The summed E-state index contributed by atoms with van der Waals surface area (Å²) in [5.41, 5.74) is 2.59. The largest absolute Gasteiger partial charge is 0.323 e. The van der Waals surface area contributed by atoms with Gasteiger partial charge in [-0.1, -0.05) is 64.7 Å². The zero-order valence-corrected chi connectivity index (χ0v) is 15.1. The first-order chi connectivity index (χ1) is 10.7. The Balaban J connectivity index is 1.89. The summed E-state index contributed by atoms with van der Waals surface area (Å²) in [6.07, 6.45) is 18.0. The van der Waals surface area contributed by atoms with E-state index in [1.807, 2.05) is 0 Å². The first-order valence-corrected chi connectivity index (χ1v) is 9.27. The predicted octanol–water partition coefficient (Wildman–Crippen LogP) is 5.49. The average molecular weight is 307 g/mol. The lowest BCUT2D eigenvalue weighted by Crippen LogP contribution is -2.35. The number of pyridine rings is 1. The Hall–Kier alpha value is -0.890. The first kappa shape index (κ1) is 19.2. The van der Waals surface area contributed by atoms with Gasteiger partial charge in [-0.2, -0.15) is 4.57 Å². The smallest absolute Gasteiger partial charge is 0.252 e. The zero-order chi connectivity index (χ0) is 16.0. The van der Waals surface area contributed by atoms with Crippen molar-refractivity contribution in [2.75, 3.05) is 6.61 Å². The monoisotopic (exact) mass is 306 g/mol. The van der Waals surface area contributed by atoms with Crippen molar-refractivity contribution in [3.8, 4) is 0 Å². The third-order valence-electron chi connectivity index (χ3n) is 4.08. The minimum atomic E-state index is 0.681. The third-order valence-corrected chi connectivity index (χ3v) is 4.08. The van der Waals surface area contributed by atoms with Gasteiger partial charge in [0.1, 0.15) is 0 Å². The van der Waals surface area contributed by atoms with E-state index in [4.69, 9.17) is 4.74 Å². The normalized spacial score (nSPS) is 11.0. The van der Waals surface area contributed by atoms with Gasteiger partial charge in [-0.25, -0.2) is 0 Å². The number of hydrogen-bond donors (Lipinski definition) is 0. The molecular formula is C20H36NO+. The molecule has 0 amide bonds. The molecule has 126 valence electrons. The molecule has 0 atom stereocenters. The van der Waals surface area contributed by atoms with E-state index in [1.165, 1.54) is 75.3 Å².